The van der Waals surface area contributed by atoms with Crippen LogP contribution >= 0.6 is 0 Å². The van der Waals surface area contributed by atoms with Gasteiger partial charge in [0.1, 0.15) is 0 Å². The molecule has 1 atom stereocenters. The van der Waals surface area contributed by atoms with Crippen LogP contribution in [0.3, 0.4) is 0 Å². The topological polar surface area (TPSA) is 46.3 Å². The molecule has 0 radical (unpaired) electrons. The molecule has 1 heterocycles. The molecule has 1 aromatic rings. The van der Waals surface area contributed by atoms with Crippen molar-refractivity contribution >= 4 is 5.91 Å². The van der Waals surface area contributed by atoms with Crippen molar-refractivity contribution in [1.82, 2.24) is 4.90 Å². The Kier molecular flexibility index (Phi) is 3.25. The van der Waals surface area contributed by atoms with Gasteiger partial charge in [-0.05, 0) is 30.5 Å². The van der Waals surface area contributed by atoms with Crippen molar-refractivity contribution in [1.29, 1.82) is 0 Å². The minimum absolute atomic E-state index is 0.107. The lowest BCUT2D eigenvalue weighted by molar-refractivity contribution is 0.0791. The maximum atomic E-state index is 12.1. The number of amides is 1. The Morgan fingerprint density at radius 2 is 2.12 bits per heavy atom. The number of nitrogens with two attached hydrogens (primary N) is 1. The molecule has 3 nitrogen and oxygen atoms in total. The standard InChI is InChI=1S/C13H18N2O/c1-2-10-3-5-11(6-4-10)13(16)15-8-7-12(14)9-15/h3-6,12H,2,7-9,14H2,1H3/t12-/m1/s1. The molecule has 3 heteroatoms. The zero-order valence-electron chi connectivity index (χ0n) is 9.65. The van der Waals surface area contributed by atoms with Gasteiger partial charge in [-0.1, -0.05) is 19.1 Å². The first-order chi connectivity index (χ1) is 7.70. The summed E-state index contributed by atoms with van der Waals surface area (Å²) in [5.41, 5.74) is 7.82. The van der Waals surface area contributed by atoms with Gasteiger partial charge < -0.3 is 10.6 Å². The van der Waals surface area contributed by atoms with E-state index in [1.54, 1.807) is 0 Å². The van der Waals surface area contributed by atoms with Gasteiger partial charge in [-0.3, -0.25) is 4.79 Å². The van der Waals surface area contributed by atoms with Crippen molar-refractivity contribution in [3.8, 4) is 0 Å². The Bertz CT molecular complexity index is 372. The van der Waals surface area contributed by atoms with E-state index in [-0.39, 0.29) is 11.9 Å². The van der Waals surface area contributed by atoms with Gasteiger partial charge in [0, 0.05) is 24.7 Å². The summed E-state index contributed by atoms with van der Waals surface area (Å²) < 4.78 is 0. The van der Waals surface area contributed by atoms with Crippen LogP contribution in [0.5, 0.6) is 0 Å². The Morgan fingerprint density at radius 3 is 2.62 bits per heavy atom. The second-order valence-electron chi connectivity index (χ2n) is 4.35. The van der Waals surface area contributed by atoms with Gasteiger partial charge in [-0.2, -0.15) is 0 Å². The van der Waals surface area contributed by atoms with Crippen LogP contribution in [-0.4, -0.2) is 29.9 Å². The van der Waals surface area contributed by atoms with E-state index in [1.165, 1.54) is 5.56 Å². The summed E-state index contributed by atoms with van der Waals surface area (Å²) in [5.74, 6) is 0.107. The number of carbonyl (C=O) groups is 1. The van der Waals surface area contributed by atoms with Crippen LogP contribution in [0.4, 0.5) is 0 Å². The molecule has 1 amide bonds. The first-order valence-electron chi connectivity index (χ1n) is 5.84. The number of hydrogen-bond donors (Lipinski definition) is 1. The SMILES string of the molecule is CCc1ccc(C(=O)N2CC[C@@H](N)C2)cc1. The summed E-state index contributed by atoms with van der Waals surface area (Å²) in [6, 6.07) is 8.00. The maximum absolute atomic E-state index is 12.1. The molecule has 1 aliphatic heterocycles. The highest BCUT2D eigenvalue weighted by Gasteiger charge is 2.24. The largest absolute Gasteiger partial charge is 0.337 e. The summed E-state index contributed by atoms with van der Waals surface area (Å²) >= 11 is 0. The number of likely N-dealkylation sites (tertiary alicyclic amines) is 1. The van der Waals surface area contributed by atoms with Gasteiger partial charge in [0.15, 0.2) is 0 Å². The lowest BCUT2D eigenvalue weighted by Crippen LogP contribution is -2.31. The van der Waals surface area contributed by atoms with Gasteiger partial charge in [0.2, 0.25) is 0 Å². The van der Waals surface area contributed by atoms with Crippen LogP contribution in [0.1, 0.15) is 29.3 Å². The number of hydrogen-bond acceptors (Lipinski definition) is 2. The van der Waals surface area contributed by atoms with Gasteiger partial charge in [-0.15, -0.1) is 0 Å². The summed E-state index contributed by atoms with van der Waals surface area (Å²) in [6.45, 7) is 3.58. The van der Waals surface area contributed by atoms with E-state index in [0.717, 1.165) is 24.9 Å². The average molecular weight is 218 g/mol. The molecule has 1 fully saturated rings. The second kappa shape index (κ2) is 4.66. The third kappa shape index (κ3) is 2.25. The number of benzene rings is 1. The lowest BCUT2D eigenvalue weighted by Gasteiger charge is -2.15. The normalized spacial score (nSPS) is 20.1. The fourth-order valence-electron chi connectivity index (χ4n) is 2.04. The molecule has 2 rings (SSSR count). The van der Waals surface area contributed by atoms with Crippen LogP contribution in [0.25, 0.3) is 0 Å². The molecule has 0 spiro atoms. The van der Waals surface area contributed by atoms with E-state index in [2.05, 4.69) is 6.92 Å². The Morgan fingerprint density at radius 1 is 1.44 bits per heavy atom. The van der Waals surface area contributed by atoms with Crippen molar-refractivity contribution < 1.29 is 4.79 Å². The van der Waals surface area contributed by atoms with Crippen molar-refractivity contribution in [2.75, 3.05) is 13.1 Å². The molecule has 0 aliphatic carbocycles. The van der Waals surface area contributed by atoms with E-state index in [0.29, 0.717) is 6.54 Å². The predicted octanol–water partition coefficient (Wildman–Crippen LogP) is 1.42. The summed E-state index contributed by atoms with van der Waals surface area (Å²) in [5, 5.41) is 0. The zero-order valence-corrected chi connectivity index (χ0v) is 9.65. The third-order valence-electron chi connectivity index (χ3n) is 3.12. The quantitative estimate of drug-likeness (QED) is 0.816. The van der Waals surface area contributed by atoms with Gasteiger partial charge >= 0.3 is 0 Å². The van der Waals surface area contributed by atoms with E-state index >= 15 is 0 Å². The number of carbonyl (C=O) groups excluding carboxylic acids is 1. The zero-order chi connectivity index (χ0) is 11.5. The lowest BCUT2D eigenvalue weighted by atomic mass is 10.1. The van der Waals surface area contributed by atoms with Crippen LogP contribution in [0, 0.1) is 0 Å². The Hall–Kier alpha value is -1.35. The van der Waals surface area contributed by atoms with Gasteiger partial charge in [-0.25, -0.2) is 0 Å². The summed E-state index contributed by atoms with van der Waals surface area (Å²) in [6.07, 6.45) is 1.92. The van der Waals surface area contributed by atoms with E-state index < -0.39 is 0 Å². The Balaban J connectivity index is 2.08. The van der Waals surface area contributed by atoms with Crippen LogP contribution in [0.15, 0.2) is 24.3 Å². The molecule has 1 aromatic carbocycles. The first-order valence-corrected chi connectivity index (χ1v) is 5.84. The fraction of sp³-hybridized carbons (Fsp3) is 0.462. The van der Waals surface area contributed by atoms with E-state index in [9.17, 15) is 4.79 Å². The van der Waals surface area contributed by atoms with Crippen molar-refractivity contribution in [3.05, 3.63) is 35.4 Å². The first kappa shape index (κ1) is 11.1. The van der Waals surface area contributed by atoms with Crippen molar-refractivity contribution in [2.45, 2.75) is 25.8 Å². The molecule has 86 valence electrons. The number of rotatable bonds is 2. The third-order valence-corrected chi connectivity index (χ3v) is 3.12. The molecule has 16 heavy (non-hydrogen) atoms. The molecule has 1 aliphatic rings. The molecule has 0 bridgehead atoms. The van der Waals surface area contributed by atoms with Crippen molar-refractivity contribution in [3.63, 3.8) is 0 Å². The molecule has 0 unspecified atom stereocenters. The van der Waals surface area contributed by atoms with Crippen molar-refractivity contribution in [2.24, 2.45) is 5.73 Å². The highest BCUT2D eigenvalue weighted by molar-refractivity contribution is 5.94. The minimum atomic E-state index is 0.107. The Labute approximate surface area is 96.2 Å². The van der Waals surface area contributed by atoms with Gasteiger partial charge in [0.25, 0.3) is 5.91 Å². The second-order valence-corrected chi connectivity index (χ2v) is 4.35. The highest BCUT2D eigenvalue weighted by Crippen LogP contribution is 2.13. The summed E-state index contributed by atoms with van der Waals surface area (Å²) in [4.78, 5) is 13.9. The van der Waals surface area contributed by atoms with Crippen LogP contribution in [0.2, 0.25) is 0 Å². The van der Waals surface area contributed by atoms with Crippen LogP contribution in [-0.2, 0) is 6.42 Å². The average Bonchev–Trinajstić information content (AvgIpc) is 2.75. The van der Waals surface area contributed by atoms with E-state index in [1.807, 2.05) is 29.2 Å². The van der Waals surface area contributed by atoms with Crippen LogP contribution < -0.4 is 5.73 Å². The molecule has 0 aromatic heterocycles. The maximum Gasteiger partial charge on any atom is 0.253 e. The molecule has 2 N–H and O–H groups in total. The number of aryl methyl sites for hydroxylation is 1. The molecular weight excluding hydrogens is 200 g/mol. The number of nitrogens with zero attached hydrogens (tertiary/aromatic N) is 1. The van der Waals surface area contributed by atoms with Gasteiger partial charge in [0.05, 0.1) is 0 Å². The molecule has 0 saturated carbocycles. The molecular formula is C13H18N2O. The molecule has 1 saturated heterocycles. The predicted molar refractivity (Wildman–Crippen MR) is 64.3 cm³/mol. The highest BCUT2D eigenvalue weighted by atomic mass is 16.2. The fourth-order valence-corrected chi connectivity index (χ4v) is 2.04. The smallest absolute Gasteiger partial charge is 0.253 e. The monoisotopic (exact) mass is 218 g/mol. The minimum Gasteiger partial charge on any atom is -0.337 e. The summed E-state index contributed by atoms with van der Waals surface area (Å²) in [7, 11) is 0. The van der Waals surface area contributed by atoms with E-state index in [4.69, 9.17) is 5.73 Å².